The zero-order valence-corrected chi connectivity index (χ0v) is 42.5. The van der Waals surface area contributed by atoms with Gasteiger partial charge in [-0.2, -0.15) is 0 Å². The minimum Gasteiger partial charge on any atom is -0.501 e. The number of furan rings is 1. The van der Waals surface area contributed by atoms with Crippen LogP contribution in [0.4, 0.5) is 4.39 Å². The van der Waals surface area contributed by atoms with Gasteiger partial charge in [-0.1, -0.05) is 173 Å². The van der Waals surface area contributed by atoms with Crippen LogP contribution < -0.4 is 5.19 Å². The van der Waals surface area contributed by atoms with Crippen molar-refractivity contribution >= 4 is 46.2 Å². The molecule has 0 aliphatic carbocycles. The third-order valence-corrected chi connectivity index (χ3v) is 19.9. The maximum absolute atomic E-state index is 13.0. The Morgan fingerprint density at radius 3 is 2.03 bits per heavy atom. The van der Waals surface area contributed by atoms with Gasteiger partial charge in [0.2, 0.25) is 0 Å². The molecule has 1 radical (unpaired) electrons. The molecule has 0 amide bonds. The Balaban J connectivity index is 0.000000204. The molecule has 2 aliphatic rings. The third-order valence-electron chi connectivity index (χ3n) is 14.3. The van der Waals surface area contributed by atoms with Gasteiger partial charge in [0.15, 0.2) is 0 Å². The molecule has 7 heteroatoms. The van der Waals surface area contributed by atoms with Gasteiger partial charge in [0.25, 0.3) is 0 Å². The molecule has 0 atom stereocenters. The first kappa shape index (κ1) is 45.5. The van der Waals surface area contributed by atoms with E-state index in [2.05, 4.69) is 172 Å². The average molecular weight is 1080 g/mol. The van der Waals surface area contributed by atoms with Gasteiger partial charge in [-0.15, -0.1) is 48.0 Å². The summed E-state index contributed by atoms with van der Waals surface area (Å²) in [5.41, 5.74) is 16.4. The molecule has 7 aromatic carbocycles. The Labute approximate surface area is 413 Å². The number of imidazole rings is 1. The van der Waals surface area contributed by atoms with Crippen molar-refractivity contribution in [3.05, 3.63) is 192 Å². The maximum Gasteiger partial charge on any atom is 0.121 e. The number of rotatable bonds is 7. The van der Waals surface area contributed by atoms with Gasteiger partial charge in [-0.3, -0.25) is 9.37 Å². The van der Waals surface area contributed by atoms with Crippen molar-refractivity contribution in [1.82, 2.24) is 14.5 Å². The summed E-state index contributed by atoms with van der Waals surface area (Å²) in [5, 5.41) is 3.78. The summed E-state index contributed by atoms with van der Waals surface area (Å²) in [6, 6.07) is 62.8. The van der Waals surface area contributed by atoms with Crippen LogP contribution >= 0.6 is 0 Å². The van der Waals surface area contributed by atoms with Crippen LogP contribution in [-0.2, 0) is 26.5 Å². The Morgan fingerprint density at radius 2 is 1.34 bits per heavy atom. The number of nitrogens with zero attached hydrogens (tertiary/aromatic N) is 3. The number of aromatic nitrogens is 3. The molecule has 68 heavy (non-hydrogen) atoms. The Morgan fingerprint density at radius 1 is 0.662 bits per heavy atom. The standard InChI is InChI=1S/C43H35N2O.C18H19FNSi.Ir/c1-27(2)36-24-32(30-16-9-6-10-17-30)25-37(28(3)4)41(36)45-39-21-12-11-20-38(39)44-43(45)35-19-13-18-34-33-23-22-31(26-40(33)46-42(34)35)29-14-7-5-8-15-29;19-16-7-5-14(6-8-16)17-12-15-4-3-11-21(9-1-2-10-21)18(15)13-20-17;/h5-18,20-28H,1-4H3;5,7-8,12-13H,1-4,9-11H2;/q2*-1;. The normalized spacial score (nSPS) is 14.1. The van der Waals surface area contributed by atoms with Gasteiger partial charge in [0.1, 0.15) is 5.58 Å². The van der Waals surface area contributed by atoms with Crippen LogP contribution in [0.1, 0.15) is 75.5 Å². The molecule has 10 aromatic rings. The van der Waals surface area contributed by atoms with E-state index in [1.54, 1.807) is 11.3 Å². The maximum atomic E-state index is 13.0. The molecule has 1 fully saturated rings. The number of para-hydroxylation sites is 2. The van der Waals surface area contributed by atoms with E-state index >= 15 is 0 Å². The van der Waals surface area contributed by atoms with Crippen molar-refractivity contribution in [2.45, 2.75) is 83.3 Å². The van der Waals surface area contributed by atoms with Crippen LogP contribution in [0.5, 0.6) is 0 Å². The summed E-state index contributed by atoms with van der Waals surface area (Å²) >= 11 is 0. The zero-order valence-electron chi connectivity index (χ0n) is 39.1. The van der Waals surface area contributed by atoms with Crippen molar-refractivity contribution in [3.8, 4) is 50.6 Å². The number of halogens is 1. The largest absolute Gasteiger partial charge is 0.501 e. The predicted molar refractivity (Wildman–Crippen MR) is 278 cm³/mol. The molecular formula is C61H54FIrN3OSi-2. The van der Waals surface area contributed by atoms with Crippen LogP contribution in [0, 0.1) is 17.9 Å². The fourth-order valence-corrected chi connectivity index (χ4v) is 16.5. The molecule has 0 saturated carbocycles. The van der Waals surface area contributed by atoms with Gasteiger partial charge >= 0.3 is 0 Å². The zero-order chi connectivity index (χ0) is 45.6. The number of hydrogen-bond donors (Lipinski definition) is 0. The minimum atomic E-state index is -1.21. The molecule has 2 aliphatic heterocycles. The second-order valence-electron chi connectivity index (χ2n) is 19.2. The molecule has 0 bridgehead atoms. The number of aryl methyl sites for hydroxylation is 1. The number of benzene rings is 7. The van der Waals surface area contributed by atoms with Crippen LogP contribution in [0.2, 0.25) is 18.1 Å². The summed E-state index contributed by atoms with van der Waals surface area (Å²) in [5.74, 6) is 1.17. The fraction of sp³-hybridized carbons (Fsp3) is 0.213. The van der Waals surface area contributed by atoms with E-state index in [4.69, 9.17) is 14.4 Å². The predicted octanol–water partition coefficient (Wildman–Crippen LogP) is 16.1. The topological polar surface area (TPSA) is 43.9 Å². The van der Waals surface area contributed by atoms with E-state index in [1.165, 1.54) is 95.0 Å². The summed E-state index contributed by atoms with van der Waals surface area (Å²) in [7, 11) is -1.21. The quantitative estimate of drug-likeness (QED) is 0.118. The summed E-state index contributed by atoms with van der Waals surface area (Å²) < 4.78 is 22.1. The molecule has 341 valence electrons. The Hall–Kier alpha value is -6.24. The second-order valence-corrected chi connectivity index (χ2v) is 23.8. The van der Waals surface area contributed by atoms with E-state index in [9.17, 15) is 4.39 Å². The van der Waals surface area contributed by atoms with E-state index in [0.29, 0.717) is 0 Å². The van der Waals surface area contributed by atoms with Crippen LogP contribution in [0.15, 0.2) is 162 Å². The van der Waals surface area contributed by atoms with Gasteiger partial charge in [-0.05, 0) is 92.8 Å². The molecule has 5 heterocycles. The molecule has 12 rings (SSSR count). The van der Waals surface area contributed by atoms with Crippen molar-refractivity contribution in [1.29, 1.82) is 0 Å². The van der Waals surface area contributed by atoms with Gasteiger partial charge < -0.3 is 14.0 Å². The van der Waals surface area contributed by atoms with Crippen molar-refractivity contribution in [2.24, 2.45) is 0 Å². The summed E-state index contributed by atoms with van der Waals surface area (Å²) in [6.45, 7) is 9.14. The van der Waals surface area contributed by atoms with E-state index in [-0.39, 0.29) is 37.8 Å². The van der Waals surface area contributed by atoms with Crippen molar-refractivity contribution in [2.75, 3.05) is 0 Å². The number of pyridine rings is 1. The minimum absolute atomic E-state index is 0. The van der Waals surface area contributed by atoms with Gasteiger partial charge in [0.05, 0.1) is 30.5 Å². The average Bonchev–Trinajstić information content (AvgIpc) is 4.10. The van der Waals surface area contributed by atoms with Crippen LogP contribution in [-0.4, -0.2) is 22.6 Å². The second kappa shape index (κ2) is 19.0. The smallest absolute Gasteiger partial charge is 0.121 e. The molecule has 1 saturated heterocycles. The van der Waals surface area contributed by atoms with Crippen LogP contribution in [0.3, 0.4) is 0 Å². The molecule has 0 unspecified atom stereocenters. The monoisotopic (exact) mass is 1080 g/mol. The first-order valence-corrected chi connectivity index (χ1v) is 26.7. The summed E-state index contributed by atoms with van der Waals surface area (Å²) in [6.07, 6.45) is 7.51. The molecule has 1 spiro atoms. The van der Waals surface area contributed by atoms with E-state index in [1.807, 2.05) is 12.1 Å². The number of fused-ring (bicyclic) bond motifs is 6. The molecule has 4 nitrogen and oxygen atoms in total. The van der Waals surface area contributed by atoms with Gasteiger partial charge in [0, 0.05) is 43.2 Å². The molecule has 0 N–H and O–H groups in total. The Kier molecular flexibility index (Phi) is 12.7. The molecular weight excluding hydrogens is 1030 g/mol. The van der Waals surface area contributed by atoms with E-state index < -0.39 is 8.07 Å². The Bertz CT molecular complexity index is 3380. The summed E-state index contributed by atoms with van der Waals surface area (Å²) in [4.78, 5) is 9.99. The fourth-order valence-electron chi connectivity index (χ4n) is 11.0. The van der Waals surface area contributed by atoms with Crippen molar-refractivity contribution in [3.63, 3.8) is 0 Å². The first-order chi connectivity index (χ1) is 32.7. The SMILES string of the molecule is CC(C)c1cc(-c2ccccc2)cc(C(C)C)c1-n1c(-c2[c-]ccc3c2oc2cc(-c4ccccc4)ccc23)nc2ccccc21.Fc1c[c-]c(-c2cc3c(cn2)[Si]2(CCCC2)CCC3)cc1.[Ir]. The third kappa shape index (κ3) is 8.40. The van der Waals surface area contributed by atoms with E-state index in [0.717, 1.165) is 61.2 Å². The first-order valence-electron chi connectivity index (χ1n) is 24.1. The molecule has 3 aromatic heterocycles. The van der Waals surface area contributed by atoms with Crippen LogP contribution in [0.25, 0.3) is 83.6 Å². The van der Waals surface area contributed by atoms with Gasteiger partial charge in [-0.25, -0.2) is 0 Å². The van der Waals surface area contributed by atoms with Crippen molar-refractivity contribution < 1.29 is 28.9 Å². The number of hydrogen-bond acceptors (Lipinski definition) is 3.